The van der Waals surface area contributed by atoms with Crippen molar-refractivity contribution in [3.05, 3.63) is 0 Å². The highest BCUT2D eigenvalue weighted by Crippen LogP contribution is 2.17. The summed E-state index contributed by atoms with van der Waals surface area (Å²) in [5.41, 5.74) is 5.39. The summed E-state index contributed by atoms with van der Waals surface area (Å²) >= 11 is 0. The van der Waals surface area contributed by atoms with E-state index in [0.29, 0.717) is 12.5 Å². The molecule has 0 bridgehead atoms. The van der Waals surface area contributed by atoms with Crippen molar-refractivity contribution < 1.29 is 4.79 Å². The SMILES string of the molecule is CCCC(NC(=O)NC1CCC1)C(=N)N. The molecule has 5 nitrogen and oxygen atoms in total. The first-order valence-electron chi connectivity index (χ1n) is 5.54. The molecule has 1 aliphatic rings. The molecule has 5 N–H and O–H groups in total. The van der Waals surface area contributed by atoms with Gasteiger partial charge in [-0.05, 0) is 25.7 Å². The zero-order valence-electron chi connectivity index (χ0n) is 9.18. The second-order valence-electron chi connectivity index (χ2n) is 4.04. The van der Waals surface area contributed by atoms with Crippen molar-refractivity contribution >= 4 is 11.9 Å². The van der Waals surface area contributed by atoms with Gasteiger partial charge in [-0.15, -0.1) is 0 Å². The number of amides is 2. The Hall–Kier alpha value is -1.26. The third kappa shape index (κ3) is 3.77. The van der Waals surface area contributed by atoms with Crippen LogP contribution in [0.25, 0.3) is 0 Å². The minimum Gasteiger partial charge on any atom is -0.386 e. The molecule has 86 valence electrons. The normalized spacial score (nSPS) is 17.7. The van der Waals surface area contributed by atoms with E-state index in [1.165, 1.54) is 6.42 Å². The number of amidine groups is 1. The van der Waals surface area contributed by atoms with Gasteiger partial charge in [-0.25, -0.2) is 4.79 Å². The van der Waals surface area contributed by atoms with E-state index in [0.717, 1.165) is 19.3 Å². The van der Waals surface area contributed by atoms with E-state index in [-0.39, 0.29) is 17.9 Å². The van der Waals surface area contributed by atoms with Crippen molar-refractivity contribution in [1.29, 1.82) is 5.41 Å². The minimum atomic E-state index is -0.324. The van der Waals surface area contributed by atoms with Gasteiger partial charge in [0.25, 0.3) is 0 Å². The monoisotopic (exact) mass is 212 g/mol. The van der Waals surface area contributed by atoms with Crippen molar-refractivity contribution in [2.45, 2.75) is 51.1 Å². The number of hydrogen-bond donors (Lipinski definition) is 4. The molecular formula is C10H20N4O. The third-order valence-corrected chi connectivity index (χ3v) is 2.70. The highest BCUT2D eigenvalue weighted by atomic mass is 16.2. The van der Waals surface area contributed by atoms with Crippen molar-refractivity contribution in [3.8, 4) is 0 Å². The molecule has 1 unspecified atom stereocenters. The molecule has 2 amide bonds. The average molecular weight is 212 g/mol. The molecule has 0 spiro atoms. The van der Waals surface area contributed by atoms with Gasteiger partial charge in [-0.2, -0.15) is 0 Å². The summed E-state index contributed by atoms with van der Waals surface area (Å²) in [5, 5.41) is 12.9. The summed E-state index contributed by atoms with van der Waals surface area (Å²) in [4.78, 5) is 11.5. The van der Waals surface area contributed by atoms with Gasteiger partial charge in [-0.1, -0.05) is 13.3 Å². The van der Waals surface area contributed by atoms with Crippen LogP contribution in [0.5, 0.6) is 0 Å². The first kappa shape index (κ1) is 11.8. The highest BCUT2D eigenvalue weighted by molar-refractivity contribution is 5.87. The van der Waals surface area contributed by atoms with Crippen LogP contribution < -0.4 is 16.4 Å². The van der Waals surface area contributed by atoms with Crippen LogP contribution in [-0.4, -0.2) is 24.0 Å². The number of urea groups is 1. The van der Waals surface area contributed by atoms with Crippen molar-refractivity contribution in [1.82, 2.24) is 10.6 Å². The van der Waals surface area contributed by atoms with Gasteiger partial charge in [0.15, 0.2) is 0 Å². The zero-order valence-corrected chi connectivity index (χ0v) is 9.18. The Bertz CT molecular complexity index is 238. The Balaban J connectivity index is 2.28. The molecule has 1 saturated carbocycles. The Morgan fingerprint density at radius 2 is 2.27 bits per heavy atom. The van der Waals surface area contributed by atoms with Gasteiger partial charge in [0.2, 0.25) is 0 Å². The molecule has 1 rings (SSSR count). The topological polar surface area (TPSA) is 91.0 Å². The van der Waals surface area contributed by atoms with Gasteiger partial charge < -0.3 is 16.4 Å². The molecule has 0 aromatic carbocycles. The van der Waals surface area contributed by atoms with Gasteiger partial charge in [0.1, 0.15) is 5.84 Å². The van der Waals surface area contributed by atoms with E-state index in [1.807, 2.05) is 6.92 Å². The summed E-state index contributed by atoms with van der Waals surface area (Å²) in [6.07, 6.45) is 4.93. The van der Waals surface area contributed by atoms with E-state index >= 15 is 0 Å². The molecule has 0 radical (unpaired) electrons. The molecule has 0 saturated heterocycles. The van der Waals surface area contributed by atoms with E-state index in [1.54, 1.807) is 0 Å². The lowest BCUT2D eigenvalue weighted by molar-refractivity contribution is 0.226. The fraction of sp³-hybridized carbons (Fsp3) is 0.800. The molecule has 15 heavy (non-hydrogen) atoms. The smallest absolute Gasteiger partial charge is 0.315 e. The summed E-state index contributed by atoms with van der Waals surface area (Å²) in [6.45, 7) is 2.00. The predicted octanol–water partition coefficient (Wildman–Crippen LogP) is 0.943. The minimum absolute atomic E-state index is 0.0283. The van der Waals surface area contributed by atoms with Crippen LogP contribution in [0.2, 0.25) is 0 Å². The van der Waals surface area contributed by atoms with Crippen LogP contribution in [0, 0.1) is 5.41 Å². The largest absolute Gasteiger partial charge is 0.386 e. The maximum atomic E-state index is 11.5. The number of carbonyl (C=O) groups excluding carboxylic acids is 1. The molecule has 1 fully saturated rings. The Morgan fingerprint density at radius 3 is 2.67 bits per heavy atom. The van der Waals surface area contributed by atoms with Gasteiger partial charge in [-0.3, -0.25) is 5.41 Å². The molecule has 0 aromatic heterocycles. The van der Waals surface area contributed by atoms with Crippen LogP contribution >= 0.6 is 0 Å². The van der Waals surface area contributed by atoms with E-state index in [4.69, 9.17) is 11.1 Å². The molecule has 0 aliphatic heterocycles. The Kier molecular flexibility index (Phi) is 4.39. The second-order valence-corrected chi connectivity index (χ2v) is 4.04. The lowest BCUT2D eigenvalue weighted by Crippen LogP contribution is -2.51. The lowest BCUT2D eigenvalue weighted by atomic mass is 9.93. The van der Waals surface area contributed by atoms with E-state index < -0.39 is 0 Å². The molecule has 5 heteroatoms. The van der Waals surface area contributed by atoms with Crippen LogP contribution in [0.4, 0.5) is 4.79 Å². The summed E-state index contributed by atoms with van der Waals surface area (Å²) in [5.74, 6) is 0.0283. The number of rotatable bonds is 5. The zero-order chi connectivity index (χ0) is 11.3. The highest BCUT2D eigenvalue weighted by Gasteiger charge is 2.21. The quantitative estimate of drug-likeness (QED) is 0.403. The first-order chi connectivity index (χ1) is 7.13. The van der Waals surface area contributed by atoms with Gasteiger partial charge in [0, 0.05) is 6.04 Å². The molecule has 0 heterocycles. The number of hydrogen-bond acceptors (Lipinski definition) is 2. The van der Waals surface area contributed by atoms with E-state index in [2.05, 4.69) is 10.6 Å². The van der Waals surface area contributed by atoms with Crippen LogP contribution in [0.3, 0.4) is 0 Å². The third-order valence-electron chi connectivity index (χ3n) is 2.70. The van der Waals surface area contributed by atoms with Crippen molar-refractivity contribution in [2.24, 2.45) is 5.73 Å². The Morgan fingerprint density at radius 1 is 1.60 bits per heavy atom. The summed E-state index contributed by atoms with van der Waals surface area (Å²) in [7, 11) is 0. The van der Waals surface area contributed by atoms with Crippen LogP contribution in [-0.2, 0) is 0 Å². The second kappa shape index (κ2) is 5.58. The average Bonchev–Trinajstić information content (AvgIpc) is 2.10. The first-order valence-corrected chi connectivity index (χ1v) is 5.54. The number of carbonyl (C=O) groups is 1. The van der Waals surface area contributed by atoms with Crippen LogP contribution in [0.15, 0.2) is 0 Å². The van der Waals surface area contributed by atoms with Crippen molar-refractivity contribution in [3.63, 3.8) is 0 Å². The summed E-state index contributed by atoms with van der Waals surface area (Å²) in [6, 6.07) is -0.206. The molecule has 1 atom stereocenters. The van der Waals surface area contributed by atoms with Crippen molar-refractivity contribution in [2.75, 3.05) is 0 Å². The van der Waals surface area contributed by atoms with Crippen LogP contribution in [0.1, 0.15) is 39.0 Å². The molecule has 0 aromatic rings. The maximum absolute atomic E-state index is 11.5. The number of nitrogens with two attached hydrogens (primary N) is 1. The predicted molar refractivity (Wildman–Crippen MR) is 59.9 cm³/mol. The maximum Gasteiger partial charge on any atom is 0.315 e. The summed E-state index contributed by atoms with van der Waals surface area (Å²) < 4.78 is 0. The Labute approximate surface area is 90.3 Å². The fourth-order valence-corrected chi connectivity index (χ4v) is 1.53. The fourth-order valence-electron chi connectivity index (χ4n) is 1.53. The standard InChI is InChI=1S/C10H20N4O/c1-2-4-8(9(11)12)14-10(15)13-7-5-3-6-7/h7-8H,2-6H2,1H3,(H3,11,12)(H2,13,14,15). The van der Waals surface area contributed by atoms with Gasteiger partial charge >= 0.3 is 6.03 Å². The lowest BCUT2D eigenvalue weighted by Gasteiger charge is -2.27. The van der Waals surface area contributed by atoms with Gasteiger partial charge in [0.05, 0.1) is 6.04 Å². The number of nitrogens with one attached hydrogen (secondary N) is 3. The molecular weight excluding hydrogens is 192 g/mol. The van der Waals surface area contributed by atoms with E-state index in [9.17, 15) is 4.79 Å². The molecule has 1 aliphatic carbocycles.